The highest BCUT2D eigenvalue weighted by atomic mass is 79.9. The number of halogens is 1. The molecule has 0 spiro atoms. The van der Waals surface area contributed by atoms with E-state index >= 15 is 0 Å². The number of esters is 1. The summed E-state index contributed by atoms with van der Waals surface area (Å²) in [5.41, 5.74) is 6.66. The minimum absolute atomic E-state index is 0.180. The quantitative estimate of drug-likeness (QED) is 0.234. The second-order valence-corrected chi connectivity index (χ2v) is 6.34. The fourth-order valence-electron chi connectivity index (χ4n) is 2.35. The van der Waals surface area contributed by atoms with Crippen LogP contribution in [0, 0.1) is 0 Å². The Morgan fingerprint density at radius 3 is 2.84 bits per heavy atom. The lowest BCUT2D eigenvalue weighted by Gasteiger charge is -2.26. The van der Waals surface area contributed by atoms with E-state index in [1.807, 2.05) is 24.3 Å². The molecule has 1 heterocycles. The number of nitrogens with zero attached hydrogens (tertiary/aromatic N) is 2. The molecular formula is C17H25BrN4O3. The Morgan fingerprint density at radius 2 is 2.12 bits per heavy atom. The van der Waals surface area contributed by atoms with E-state index in [9.17, 15) is 4.79 Å². The summed E-state index contributed by atoms with van der Waals surface area (Å²) in [6, 6.07) is 7.62. The molecule has 1 aliphatic rings. The molecule has 0 atom stereocenters. The van der Waals surface area contributed by atoms with Crippen LogP contribution in [0.2, 0.25) is 0 Å². The normalized spacial score (nSPS) is 15.7. The van der Waals surface area contributed by atoms with Crippen molar-refractivity contribution >= 4 is 33.4 Å². The van der Waals surface area contributed by atoms with Crippen molar-refractivity contribution in [2.45, 2.75) is 13.3 Å². The molecule has 0 amide bonds. The Morgan fingerprint density at radius 1 is 1.36 bits per heavy atom. The number of aliphatic imine (C=N–C) groups is 1. The average Bonchev–Trinajstić information content (AvgIpc) is 2.63. The average molecular weight is 413 g/mol. The van der Waals surface area contributed by atoms with Crippen LogP contribution in [0.4, 0.5) is 5.69 Å². The van der Waals surface area contributed by atoms with Gasteiger partial charge < -0.3 is 9.47 Å². The standard InChI is InChI=1S/C17H25BrN4O3/c1-2-25-17(23)16(21-20-15-7-4-3-6-14(15)18)19-8-5-9-22-10-12-24-13-11-22/h3-4,6-7,20H,2,5,8-13H2,1H3,(H,19,21). The number of carbonyl (C=O) groups excluding carboxylic acids is 1. The number of anilines is 1. The van der Waals surface area contributed by atoms with Gasteiger partial charge in [0.1, 0.15) is 0 Å². The zero-order valence-corrected chi connectivity index (χ0v) is 16.0. The number of hydrogen-bond acceptors (Lipinski definition) is 6. The predicted molar refractivity (Wildman–Crippen MR) is 102 cm³/mol. The summed E-state index contributed by atoms with van der Waals surface area (Å²) >= 11 is 3.45. The van der Waals surface area contributed by atoms with Gasteiger partial charge >= 0.3 is 5.97 Å². The molecule has 2 N–H and O–H groups in total. The molecular weight excluding hydrogens is 388 g/mol. The van der Waals surface area contributed by atoms with Crippen LogP contribution in [0.25, 0.3) is 0 Å². The molecule has 7 nitrogen and oxygen atoms in total. The molecule has 0 unspecified atom stereocenters. The van der Waals surface area contributed by atoms with Crippen molar-refractivity contribution < 1.29 is 14.3 Å². The highest BCUT2D eigenvalue weighted by molar-refractivity contribution is 9.10. The number of morpholine rings is 1. The molecule has 1 fully saturated rings. The number of carbonyl (C=O) groups is 1. The van der Waals surface area contributed by atoms with Gasteiger partial charge in [0.2, 0.25) is 5.84 Å². The van der Waals surface area contributed by atoms with Crippen molar-refractivity contribution in [1.29, 1.82) is 0 Å². The lowest BCUT2D eigenvalue weighted by atomic mass is 10.3. The fraction of sp³-hybridized carbons (Fsp3) is 0.529. The second kappa shape index (κ2) is 11.1. The molecule has 0 bridgehead atoms. The molecule has 1 saturated heterocycles. The number of rotatable bonds is 7. The largest absolute Gasteiger partial charge is 0.460 e. The van der Waals surface area contributed by atoms with E-state index in [0.717, 1.165) is 49.4 Å². The maximum atomic E-state index is 12.1. The summed E-state index contributed by atoms with van der Waals surface area (Å²) in [6.45, 7) is 7.06. The Labute approximate surface area is 156 Å². The van der Waals surface area contributed by atoms with Gasteiger partial charge in [0.15, 0.2) is 0 Å². The minimum atomic E-state index is -0.464. The number of ether oxygens (including phenoxy) is 2. The SMILES string of the molecule is CCOC(=O)C(=NCCCN1CCOCC1)NNc1ccccc1Br. The van der Waals surface area contributed by atoms with Crippen LogP contribution in [-0.2, 0) is 14.3 Å². The van der Waals surface area contributed by atoms with Crippen LogP contribution in [0.1, 0.15) is 13.3 Å². The molecule has 25 heavy (non-hydrogen) atoms. The van der Waals surface area contributed by atoms with E-state index in [1.54, 1.807) is 6.92 Å². The summed E-state index contributed by atoms with van der Waals surface area (Å²) in [5.74, 6) is -0.284. The Hall–Kier alpha value is -1.64. The molecule has 1 aromatic rings. The van der Waals surface area contributed by atoms with Gasteiger partial charge in [0, 0.05) is 30.7 Å². The monoisotopic (exact) mass is 412 g/mol. The van der Waals surface area contributed by atoms with E-state index in [-0.39, 0.29) is 5.84 Å². The topological polar surface area (TPSA) is 75.2 Å². The number of para-hydroxylation sites is 1. The van der Waals surface area contributed by atoms with E-state index in [1.165, 1.54) is 0 Å². The van der Waals surface area contributed by atoms with E-state index < -0.39 is 5.97 Å². The summed E-state index contributed by atoms with van der Waals surface area (Å²) < 4.78 is 11.3. The molecule has 1 aliphatic heterocycles. The first-order chi connectivity index (χ1) is 12.2. The summed E-state index contributed by atoms with van der Waals surface area (Å²) in [7, 11) is 0. The lowest BCUT2D eigenvalue weighted by molar-refractivity contribution is -0.135. The van der Waals surface area contributed by atoms with Gasteiger partial charge in [-0.15, -0.1) is 0 Å². The number of amidine groups is 1. The van der Waals surface area contributed by atoms with Gasteiger partial charge in [-0.25, -0.2) is 4.79 Å². The predicted octanol–water partition coefficient (Wildman–Crippen LogP) is 2.05. The number of nitrogens with one attached hydrogen (secondary N) is 2. The molecule has 0 aliphatic carbocycles. The smallest absolute Gasteiger partial charge is 0.375 e. The Kier molecular flexibility index (Phi) is 8.71. The first kappa shape index (κ1) is 19.7. The maximum absolute atomic E-state index is 12.1. The third kappa shape index (κ3) is 7.01. The van der Waals surface area contributed by atoms with Crippen LogP contribution in [0.15, 0.2) is 33.7 Å². The van der Waals surface area contributed by atoms with Crippen molar-refractivity contribution in [3.05, 3.63) is 28.7 Å². The summed E-state index contributed by atoms with van der Waals surface area (Å²) in [5, 5.41) is 0. The number of hydrogen-bond donors (Lipinski definition) is 2. The van der Waals surface area contributed by atoms with E-state index in [4.69, 9.17) is 9.47 Å². The van der Waals surface area contributed by atoms with Gasteiger partial charge in [0.05, 0.1) is 25.5 Å². The Balaban J connectivity index is 1.85. The number of hydrazine groups is 1. The molecule has 2 rings (SSSR count). The zero-order chi connectivity index (χ0) is 17.9. The highest BCUT2D eigenvalue weighted by Crippen LogP contribution is 2.20. The first-order valence-corrected chi connectivity index (χ1v) is 9.28. The van der Waals surface area contributed by atoms with Crippen molar-refractivity contribution in [3.63, 3.8) is 0 Å². The molecule has 0 radical (unpaired) electrons. The number of benzene rings is 1. The van der Waals surface area contributed by atoms with Crippen molar-refractivity contribution in [1.82, 2.24) is 10.3 Å². The van der Waals surface area contributed by atoms with Crippen LogP contribution >= 0.6 is 15.9 Å². The van der Waals surface area contributed by atoms with Gasteiger partial charge in [-0.05, 0) is 41.4 Å². The summed E-state index contributed by atoms with van der Waals surface area (Å²) in [4.78, 5) is 18.8. The fourth-order valence-corrected chi connectivity index (χ4v) is 2.74. The maximum Gasteiger partial charge on any atom is 0.375 e. The molecule has 0 saturated carbocycles. The molecule has 0 aromatic heterocycles. The lowest BCUT2D eigenvalue weighted by Crippen LogP contribution is -2.38. The van der Waals surface area contributed by atoms with Crippen LogP contribution in [0.3, 0.4) is 0 Å². The minimum Gasteiger partial charge on any atom is -0.460 e. The molecule has 1 aromatic carbocycles. The second-order valence-electron chi connectivity index (χ2n) is 5.49. The van der Waals surface area contributed by atoms with Crippen LogP contribution in [0.5, 0.6) is 0 Å². The Bertz CT molecular complexity index is 577. The van der Waals surface area contributed by atoms with Crippen LogP contribution < -0.4 is 10.9 Å². The van der Waals surface area contributed by atoms with Crippen molar-refractivity contribution in [2.24, 2.45) is 4.99 Å². The molecule has 138 valence electrons. The van der Waals surface area contributed by atoms with Gasteiger partial charge in [0.25, 0.3) is 0 Å². The third-order valence-corrected chi connectivity index (χ3v) is 4.36. The highest BCUT2D eigenvalue weighted by Gasteiger charge is 2.13. The van der Waals surface area contributed by atoms with E-state index in [0.29, 0.717) is 13.2 Å². The molecule has 8 heteroatoms. The first-order valence-electron chi connectivity index (χ1n) is 8.49. The van der Waals surface area contributed by atoms with Gasteiger partial charge in [-0.1, -0.05) is 12.1 Å². The van der Waals surface area contributed by atoms with Crippen molar-refractivity contribution in [3.8, 4) is 0 Å². The van der Waals surface area contributed by atoms with Gasteiger partial charge in [-0.3, -0.25) is 20.7 Å². The third-order valence-electron chi connectivity index (χ3n) is 3.66. The zero-order valence-electron chi connectivity index (χ0n) is 14.5. The van der Waals surface area contributed by atoms with Crippen LogP contribution in [-0.4, -0.2) is 62.7 Å². The van der Waals surface area contributed by atoms with E-state index in [2.05, 4.69) is 36.7 Å². The van der Waals surface area contributed by atoms with Crippen molar-refractivity contribution in [2.75, 3.05) is 51.4 Å². The summed E-state index contributed by atoms with van der Waals surface area (Å²) in [6.07, 6.45) is 0.875. The van der Waals surface area contributed by atoms with Gasteiger partial charge in [-0.2, -0.15) is 0 Å².